The molecule has 0 heterocycles. The molecule has 6 heteroatoms. The van der Waals surface area contributed by atoms with Crippen LogP contribution in [0.1, 0.15) is 31.7 Å². The topological polar surface area (TPSA) is 98.3 Å². The Morgan fingerprint density at radius 2 is 2.21 bits per heavy atom. The summed E-state index contributed by atoms with van der Waals surface area (Å²) < 4.78 is 0. The van der Waals surface area contributed by atoms with Crippen molar-refractivity contribution < 1.29 is 9.72 Å². The molecular formula is C13H19N3O3. The maximum atomic E-state index is 11.8. The zero-order chi connectivity index (χ0) is 14.4. The third-order valence-corrected chi connectivity index (χ3v) is 2.73. The molecule has 0 fully saturated rings. The highest BCUT2D eigenvalue weighted by Gasteiger charge is 2.17. The van der Waals surface area contributed by atoms with Crippen molar-refractivity contribution >= 4 is 17.3 Å². The van der Waals surface area contributed by atoms with Crippen LogP contribution >= 0.6 is 0 Å². The summed E-state index contributed by atoms with van der Waals surface area (Å²) in [5.41, 5.74) is 6.73. The lowest BCUT2D eigenvalue weighted by Crippen LogP contribution is -2.27. The van der Waals surface area contributed by atoms with Crippen molar-refractivity contribution in [3.05, 3.63) is 33.9 Å². The van der Waals surface area contributed by atoms with Crippen LogP contribution in [0.15, 0.2) is 18.2 Å². The van der Waals surface area contributed by atoms with Gasteiger partial charge in [-0.1, -0.05) is 19.4 Å². The Bertz CT molecular complexity index is 474. The van der Waals surface area contributed by atoms with Crippen molar-refractivity contribution in [1.29, 1.82) is 0 Å². The van der Waals surface area contributed by atoms with E-state index >= 15 is 0 Å². The molecule has 1 amide bonds. The van der Waals surface area contributed by atoms with Gasteiger partial charge >= 0.3 is 0 Å². The van der Waals surface area contributed by atoms with Gasteiger partial charge in [0.15, 0.2) is 0 Å². The minimum absolute atomic E-state index is 0.108. The zero-order valence-corrected chi connectivity index (χ0v) is 11.2. The first-order chi connectivity index (χ1) is 8.93. The molecule has 0 radical (unpaired) electrons. The molecule has 0 saturated carbocycles. The number of nitro groups is 1. The SMILES string of the molecule is CCCC(N)CC(=O)Nc1cc(C)ccc1[N+](=O)[O-]. The molecule has 19 heavy (non-hydrogen) atoms. The maximum absolute atomic E-state index is 11.8. The molecule has 1 atom stereocenters. The van der Waals surface area contributed by atoms with Crippen molar-refractivity contribution in [2.75, 3.05) is 5.32 Å². The number of nitro benzene ring substituents is 1. The number of anilines is 1. The van der Waals surface area contributed by atoms with E-state index in [9.17, 15) is 14.9 Å². The van der Waals surface area contributed by atoms with Crippen LogP contribution in [0, 0.1) is 17.0 Å². The monoisotopic (exact) mass is 265 g/mol. The number of carbonyl (C=O) groups is 1. The average Bonchev–Trinajstić information content (AvgIpc) is 2.28. The minimum atomic E-state index is -0.513. The summed E-state index contributed by atoms with van der Waals surface area (Å²) in [6.07, 6.45) is 1.82. The fourth-order valence-corrected chi connectivity index (χ4v) is 1.82. The second kappa shape index (κ2) is 6.84. The van der Waals surface area contributed by atoms with Crippen LogP contribution in [0.25, 0.3) is 0 Å². The minimum Gasteiger partial charge on any atom is -0.327 e. The van der Waals surface area contributed by atoms with Crippen molar-refractivity contribution in [2.24, 2.45) is 5.73 Å². The van der Waals surface area contributed by atoms with Gasteiger partial charge in [0.25, 0.3) is 5.69 Å². The molecule has 0 spiro atoms. The number of nitrogens with two attached hydrogens (primary N) is 1. The van der Waals surface area contributed by atoms with Gasteiger partial charge in [-0.05, 0) is 25.0 Å². The maximum Gasteiger partial charge on any atom is 0.292 e. The highest BCUT2D eigenvalue weighted by Crippen LogP contribution is 2.25. The largest absolute Gasteiger partial charge is 0.327 e. The van der Waals surface area contributed by atoms with E-state index in [1.165, 1.54) is 6.07 Å². The Labute approximate surface area is 112 Å². The molecule has 0 saturated heterocycles. The zero-order valence-electron chi connectivity index (χ0n) is 11.2. The number of carbonyl (C=O) groups excluding carboxylic acids is 1. The second-order valence-electron chi connectivity index (χ2n) is 4.58. The Hall–Kier alpha value is -1.95. The third-order valence-electron chi connectivity index (χ3n) is 2.73. The van der Waals surface area contributed by atoms with Crippen LogP contribution in [0.3, 0.4) is 0 Å². The van der Waals surface area contributed by atoms with Gasteiger partial charge < -0.3 is 11.1 Å². The number of rotatable bonds is 6. The predicted octanol–water partition coefficient (Wildman–Crippen LogP) is 2.36. The number of nitrogens with zero attached hydrogens (tertiary/aromatic N) is 1. The average molecular weight is 265 g/mol. The summed E-state index contributed by atoms with van der Waals surface area (Å²) in [4.78, 5) is 22.1. The third kappa shape index (κ3) is 4.67. The summed E-state index contributed by atoms with van der Waals surface area (Å²) in [5.74, 6) is -0.297. The predicted molar refractivity (Wildman–Crippen MR) is 74.0 cm³/mol. The smallest absolute Gasteiger partial charge is 0.292 e. The lowest BCUT2D eigenvalue weighted by atomic mass is 10.1. The van der Waals surface area contributed by atoms with E-state index in [2.05, 4.69) is 5.32 Å². The Morgan fingerprint density at radius 3 is 2.79 bits per heavy atom. The van der Waals surface area contributed by atoms with Crippen molar-refractivity contribution in [1.82, 2.24) is 0 Å². The van der Waals surface area contributed by atoms with Gasteiger partial charge in [0, 0.05) is 18.5 Å². The number of hydrogen-bond donors (Lipinski definition) is 2. The first-order valence-corrected chi connectivity index (χ1v) is 6.24. The number of hydrogen-bond acceptors (Lipinski definition) is 4. The molecule has 1 aromatic rings. The van der Waals surface area contributed by atoms with E-state index in [1.54, 1.807) is 12.1 Å². The van der Waals surface area contributed by atoms with E-state index < -0.39 is 4.92 Å². The molecule has 0 aliphatic heterocycles. The Balaban J connectivity index is 2.78. The van der Waals surface area contributed by atoms with Gasteiger partial charge in [0.2, 0.25) is 5.91 Å². The van der Waals surface area contributed by atoms with Crippen LogP contribution in [-0.2, 0) is 4.79 Å². The fraction of sp³-hybridized carbons (Fsp3) is 0.462. The van der Waals surface area contributed by atoms with Crippen molar-refractivity contribution in [3.63, 3.8) is 0 Å². The van der Waals surface area contributed by atoms with Gasteiger partial charge in [0.05, 0.1) is 4.92 Å². The van der Waals surface area contributed by atoms with E-state index in [0.717, 1.165) is 18.4 Å². The number of benzene rings is 1. The molecule has 3 N–H and O–H groups in total. The lowest BCUT2D eigenvalue weighted by Gasteiger charge is -2.11. The summed E-state index contributed by atoms with van der Waals surface area (Å²) >= 11 is 0. The van der Waals surface area contributed by atoms with Crippen LogP contribution in [-0.4, -0.2) is 16.9 Å². The van der Waals surface area contributed by atoms with Gasteiger partial charge in [-0.2, -0.15) is 0 Å². The molecule has 1 aromatic carbocycles. The molecule has 0 aromatic heterocycles. The Morgan fingerprint density at radius 1 is 1.53 bits per heavy atom. The van der Waals surface area contributed by atoms with Gasteiger partial charge in [0.1, 0.15) is 5.69 Å². The van der Waals surface area contributed by atoms with E-state index in [1.807, 2.05) is 13.8 Å². The molecule has 1 rings (SSSR count). The lowest BCUT2D eigenvalue weighted by molar-refractivity contribution is -0.383. The number of amides is 1. The van der Waals surface area contributed by atoms with E-state index in [0.29, 0.717) is 0 Å². The van der Waals surface area contributed by atoms with Crippen LogP contribution in [0.5, 0.6) is 0 Å². The Kier molecular flexibility index (Phi) is 5.44. The van der Waals surface area contributed by atoms with Gasteiger partial charge in [-0.15, -0.1) is 0 Å². The highest BCUT2D eigenvalue weighted by atomic mass is 16.6. The first-order valence-electron chi connectivity index (χ1n) is 6.24. The summed E-state index contributed by atoms with van der Waals surface area (Å²) in [6, 6.07) is 4.39. The number of nitrogens with one attached hydrogen (secondary N) is 1. The normalized spacial score (nSPS) is 11.9. The summed E-state index contributed by atoms with van der Waals surface area (Å²) in [7, 11) is 0. The summed E-state index contributed by atoms with van der Waals surface area (Å²) in [6.45, 7) is 3.80. The standard InChI is InChI=1S/C13H19N3O3/c1-3-4-10(14)8-13(17)15-11-7-9(2)5-6-12(11)16(18)19/h5-7,10H,3-4,8,14H2,1-2H3,(H,15,17). The molecule has 6 nitrogen and oxygen atoms in total. The summed E-state index contributed by atoms with van der Waals surface area (Å²) in [5, 5.41) is 13.4. The molecule has 0 aliphatic carbocycles. The molecule has 104 valence electrons. The second-order valence-corrected chi connectivity index (χ2v) is 4.58. The van der Waals surface area contributed by atoms with E-state index in [-0.39, 0.29) is 29.7 Å². The van der Waals surface area contributed by atoms with Crippen LogP contribution < -0.4 is 11.1 Å². The highest BCUT2D eigenvalue weighted by molar-refractivity contribution is 5.93. The van der Waals surface area contributed by atoms with Crippen LogP contribution in [0.4, 0.5) is 11.4 Å². The number of aryl methyl sites for hydroxylation is 1. The van der Waals surface area contributed by atoms with Crippen LogP contribution in [0.2, 0.25) is 0 Å². The van der Waals surface area contributed by atoms with Gasteiger partial charge in [-0.3, -0.25) is 14.9 Å². The fourth-order valence-electron chi connectivity index (χ4n) is 1.82. The molecule has 0 aliphatic rings. The molecular weight excluding hydrogens is 246 g/mol. The first kappa shape index (κ1) is 15.1. The van der Waals surface area contributed by atoms with Gasteiger partial charge in [-0.25, -0.2) is 0 Å². The molecule has 0 bridgehead atoms. The van der Waals surface area contributed by atoms with E-state index in [4.69, 9.17) is 5.73 Å². The van der Waals surface area contributed by atoms with Crippen molar-refractivity contribution in [3.8, 4) is 0 Å². The quantitative estimate of drug-likeness (QED) is 0.609. The van der Waals surface area contributed by atoms with Crippen molar-refractivity contribution in [2.45, 2.75) is 39.2 Å². The molecule has 1 unspecified atom stereocenters.